The molecule has 0 radical (unpaired) electrons. The average Bonchev–Trinajstić information content (AvgIpc) is 2.77. The van der Waals surface area contributed by atoms with Crippen LogP contribution >= 0.6 is 0 Å². The number of hydrogen-bond donors (Lipinski definition) is 0. The molecule has 0 saturated heterocycles. The quantitative estimate of drug-likeness (QED) is 0.610. The van der Waals surface area contributed by atoms with Crippen LogP contribution in [-0.2, 0) is 0 Å². The zero-order chi connectivity index (χ0) is 18.1. The number of rotatable bonds is 2. The van der Waals surface area contributed by atoms with Gasteiger partial charge in [0, 0.05) is 0 Å². The van der Waals surface area contributed by atoms with Crippen molar-refractivity contribution in [2.75, 3.05) is 0 Å². The summed E-state index contributed by atoms with van der Waals surface area (Å²) in [6.07, 6.45) is 0. The summed E-state index contributed by atoms with van der Waals surface area (Å²) in [6.45, 7) is 1.98. The molecule has 0 aromatic heterocycles. The minimum atomic E-state index is -0.321. The van der Waals surface area contributed by atoms with Crippen molar-refractivity contribution in [3.05, 3.63) is 101 Å². The van der Waals surface area contributed by atoms with Crippen LogP contribution in [0.4, 0.5) is 0 Å². The third-order valence-electron chi connectivity index (χ3n) is 4.75. The summed E-state index contributed by atoms with van der Waals surface area (Å²) in [5.41, 5.74) is 4.32. The van der Waals surface area contributed by atoms with Gasteiger partial charge in [0.1, 0.15) is 0 Å². The third kappa shape index (κ3) is 2.88. The standard InChI is InChI=1S/C23H17NOSe/c1-15-11-12-17-20(13-15)22(25)18-9-5-6-10-19(18)23(21(17)14-24)26-16-7-3-2-4-8-16/h2-13,21,23H,1H3. The second-order valence-corrected chi connectivity index (χ2v) is 9.01. The fourth-order valence-electron chi connectivity index (χ4n) is 3.49. The molecule has 0 N–H and O–H groups in total. The normalized spacial score (nSPS) is 18.4. The first-order valence-corrected chi connectivity index (χ1v) is 10.4. The van der Waals surface area contributed by atoms with Gasteiger partial charge in [0.2, 0.25) is 0 Å². The third-order valence-corrected chi connectivity index (χ3v) is 7.53. The van der Waals surface area contributed by atoms with Gasteiger partial charge >= 0.3 is 160 Å². The number of fused-ring (bicyclic) bond motifs is 2. The number of aryl methyl sites for hydroxylation is 1. The van der Waals surface area contributed by atoms with Crippen LogP contribution < -0.4 is 4.46 Å². The Hall–Kier alpha value is -2.66. The average molecular weight is 402 g/mol. The number of ketones is 1. The Bertz CT molecular complexity index is 1020. The Morgan fingerprint density at radius 3 is 2.38 bits per heavy atom. The van der Waals surface area contributed by atoms with Gasteiger partial charge in [0.15, 0.2) is 0 Å². The van der Waals surface area contributed by atoms with Crippen LogP contribution in [0.3, 0.4) is 0 Å². The number of nitriles is 1. The van der Waals surface area contributed by atoms with Crippen molar-refractivity contribution in [3.8, 4) is 6.07 Å². The van der Waals surface area contributed by atoms with Crippen LogP contribution in [-0.4, -0.2) is 20.7 Å². The summed E-state index contributed by atoms with van der Waals surface area (Å²) in [6, 6.07) is 26.5. The van der Waals surface area contributed by atoms with E-state index in [9.17, 15) is 10.1 Å². The van der Waals surface area contributed by atoms with Crippen molar-refractivity contribution < 1.29 is 4.79 Å². The second-order valence-electron chi connectivity index (χ2n) is 6.47. The van der Waals surface area contributed by atoms with Crippen LogP contribution in [0.25, 0.3) is 0 Å². The van der Waals surface area contributed by atoms with Gasteiger partial charge in [0.05, 0.1) is 0 Å². The molecule has 2 atom stereocenters. The Labute approximate surface area is 159 Å². The summed E-state index contributed by atoms with van der Waals surface area (Å²) >= 11 is 0.0462. The number of benzene rings is 3. The maximum atomic E-state index is 13.2. The molecule has 0 spiro atoms. The van der Waals surface area contributed by atoms with Gasteiger partial charge < -0.3 is 0 Å². The van der Waals surface area contributed by atoms with Crippen molar-refractivity contribution in [3.63, 3.8) is 0 Å². The molecule has 0 heterocycles. The summed E-state index contributed by atoms with van der Waals surface area (Å²) in [5.74, 6) is -0.288. The molecule has 0 saturated carbocycles. The van der Waals surface area contributed by atoms with Crippen LogP contribution in [0.2, 0.25) is 0 Å². The molecule has 3 heteroatoms. The Kier molecular flexibility index (Phi) is 4.47. The Morgan fingerprint density at radius 1 is 0.885 bits per heavy atom. The van der Waals surface area contributed by atoms with Crippen LogP contribution in [0.5, 0.6) is 0 Å². The monoisotopic (exact) mass is 403 g/mol. The van der Waals surface area contributed by atoms with Crippen molar-refractivity contribution in [2.24, 2.45) is 0 Å². The molecule has 3 aromatic rings. The summed E-state index contributed by atoms with van der Waals surface area (Å²) in [7, 11) is 0. The molecule has 1 aliphatic rings. The zero-order valence-corrected chi connectivity index (χ0v) is 16.1. The molecule has 126 valence electrons. The number of nitrogens with zero attached hydrogens (tertiary/aromatic N) is 1. The topological polar surface area (TPSA) is 40.9 Å². The van der Waals surface area contributed by atoms with E-state index < -0.39 is 0 Å². The van der Waals surface area contributed by atoms with Gasteiger partial charge in [-0.2, -0.15) is 0 Å². The fourth-order valence-corrected chi connectivity index (χ4v) is 6.18. The molecule has 0 aliphatic heterocycles. The van der Waals surface area contributed by atoms with E-state index >= 15 is 0 Å². The van der Waals surface area contributed by atoms with Crippen molar-refractivity contribution in [2.45, 2.75) is 17.7 Å². The zero-order valence-electron chi connectivity index (χ0n) is 14.3. The Balaban J connectivity index is 1.94. The van der Waals surface area contributed by atoms with Crippen LogP contribution in [0.1, 0.15) is 43.3 Å². The van der Waals surface area contributed by atoms with Crippen LogP contribution in [0.15, 0.2) is 72.8 Å². The first-order valence-electron chi connectivity index (χ1n) is 8.54. The molecular formula is C23H17NOSe. The molecule has 4 rings (SSSR count). The molecule has 3 aromatic carbocycles. The first kappa shape index (κ1) is 16.8. The second kappa shape index (κ2) is 6.92. The van der Waals surface area contributed by atoms with E-state index in [4.69, 9.17) is 0 Å². The van der Waals surface area contributed by atoms with Crippen molar-refractivity contribution >= 4 is 25.2 Å². The van der Waals surface area contributed by atoms with Gasteiger partial charge in [-0.1, -0.05) is 0 Å². The SMILES string of the molecule is Cc1ccc2c(c1)C(=O)c1ccccc1C([Se]c1ccccc1)C2C#N. The molecule has 0 amide bonds. The maximum absolute atomic E-state index is 13.2. The van der Waals surface area contributed by atoms with Gasteiger partial charge in [-0.3, -0.25) is 0 Å². The number of hydrogen-bond acceptors (Lipinski definition) is 2. The van der Waals surface area contributed by atoms with Gasteiger partial charge in [0.25, 0.3) is 0 Å². The van der Waals surface area contributed by atoms with Crippen molar-refractivity contribution in [1.29, 1.82) is 5.26 Å². The predicted octanol–water partition coefficient (Wildman–Crippen LogP) is 3.92. The van der Waals surface area contributed by atoms with E-state index in [-0.39, 0.29) is 31.5 Å². The van der Waals surface area contributed by atoms with E-state index in [1.54, 1.807) is 0 Å². The molecule has 0 fully saturated rings. The van der Waals surface area contributed by atoms with E-state index in [1.165, 1.54) is 4.46 Å². The first-order chi connectivity index (χ1) is 12.7. The molecular weight excluding hydrogens is 385 g/mol. The van der Waals surface area contributed by atoms with E-state index in [0.717, 1.165) is 22.3 Å². The van der Waals surface area contributed by atoms with Crippen molar-refractivity contribution in [1.82, 2.24) is 0 Å². The predicted molar refractivity (Wildman–Crippen MR) is 104 cm³/mol. The summed E-state index contributed by atoms with van der Waals surface area (Å²) in [4.78, 5) is 13.3. The Morgan fingerprint density at radius 2 is 1.62 bits per heavy atom. The number of carbonyl (C=O) groups is 1. The summed E-state index contributed by atoms with van der Waals surface area (Å²) < 4.78 is 1.24. The summed E-state index contributed by atoms with van der Waals surface area (Å²) in [5, 5.41) is 10.0. The molecule has 1 aliphatic carbocycles. The van der Waals surface area contributed by atoms with Gasteiger partial charge in [-0.05, 0) is 0 Å². The van der Waals surface area contributed by atoms with E-state index in [1.807, 2.05) is 67.6 Å². The molecule has 0 bridgehead atoms. The fraction of sp³-hybridized carbons (Fsp3) is 0.130. The van der Waals surface area contributed by atoms with Gasteiger partial charge in [-0.15, -0.1) is 0 Å². The van der Waals surface area contributed by atoms with E-state index in [0.29, 0.717) is 5.56 Å². The minimum absolute atomic E-state index is 0.0130. The number of carbonyl (C=O) groups excluding carboxylic acids is 1. The van der Waals surface area contributed by atoms with E-state index in [2.05, 4.69) is 18.2 Å². The molecule has 2 nitrogen and oxygen atoms in total. The van der Waals surface area contributed by atoms with Crippen LogP contribution in [0, 0.1) is 18.3 Å². The molecule has 26 heavy (non-hydrogen) atoms. The van der Waals surface area contributed by atoms with Gasteiger partial charge in [-0.25, -0.2) is 0 Å². The molecule has 2 unspecified atom stereocenters.